The molecule has 0 radical (unpaired) electrons. The van der Waals surface area contributed by atoms with Crippen molar-refractivity contribution in [3.63, 3.8) is 0 Å². The average molecular weight is 190 g/mol. The molecule has 1 atom stereocenters. The number of likely N-dealkylation sites (N-methyl/N-ethyl adjacent to an activating group) is 2. The Morgan fingerprint density at radius 3 is 2.77 bits per heavy atom. The van der Waals surface area contributed by atoms with E-state index < -0.39 is 0 Å². The third-order valence-electron chi connectivity index (χ3n) is 1.85. The minimum atomic E-state index is -0.280. The van der Waals surface area contributed by atoms with E-state index in [1.165, 1.54) is 0 Å². The topological polar surface area (TPSA) is 44.7 Å². The van der Waals surface area contributed by atoms with E-state index in [1.54, 1.807) is 7.11 Å². The highest BCUT2D eigenvalue weighted by Gasteiger charge is 2.05. The molecule has 1 unspecified atom stereocenters. The van der Waals surface area contributed by atoms with Crippen LogP contribution in [0, 0.1) is 0 Å². The first-order valence-corrected chi connectivity index (χ1v) is 4.70. The van der Waals surface area contributed by atoms with Gasteiger partial charge in [-0.2, -0.15) is 0 Å². The normalized spacial score (nSPS) is 13.6. The minimum absolute atomic E-state index is 0.280. The summed E-state index contributed by atoms with van der Waals surface area (Å²) >= 11 is 0. The highest BCUT2D eigenvalue weighted by molar-refractivity contribution is 4.62. The van der Waals surface area contributed by atoms with Gasteiger partial charge in [-0.15, -0.1) is 0 Å². The van der Waals surface area contributed by atoms with E-state index in [0.29, 0.717) is 13.1 Å². The fourth-order valence-corrected chi connectivity index (χ4v) is 1.23. The molecule has 80 valence electrons. The van der Waals surface area contributed by atoms with Gasteiger partial charge in [0.1, 0.15) is 0 Å². The van der Waals surface area contributed by atoms with Gasteiger partial charge in [0.2, 0.25) is 0 Å². The number of nitrogens with one attached hydrogen (secondary N) is 1. The van der Waals surface area contributed by atoms with Crippen LogP contribution in [0.5, 0.6) is 0 Å². The maximum atomic E-state index is 9.44. The summed E-state index contributed by atoms with van der Waals surface area (Å²) in [5.74, 6) is 0. The van der Waals surface area contributed by atoms with E-state index in [0.717, 1.165) is 19.6 Å². The second-order valence-corrected chi connectivity index (χ2v) is 3.32. The summed E-state index contributed by atoms with van der Waals surface area (Å²) < 4.78 is 4.94. The lowest BCUT2D eigenvalue weighted by Crippen LogP contribution is -2.36. The molecule has 0 aliphatic heterocycles. The third-order valence-corrected chi connectivity index (χ3v) is 1.85. The summed E-state index contributed by atoms with van der Waals surface area (Å²) in [4.78, 5) is 2.11. The van der Waals surface area contributed by atoms with Crippen LogP contribution in [0.2, 0.25) is 0 Å². The van der Waals surface area contributed by atoms with E-state index in [1.807, 2.05) is 14.1 Å². The minimum Gasteiger partial charge on any atom is -0.390 e. The zero-order valence-electron chi connectivity index (χ0n) is 8.92. The molecular weight excluding hydrogens is 168 g/mol. The Labute approximate surface area is 80.9 Å². The smallest absolute Gasteiger partial charge is 0.0791 e. The number of hydrogen-bond donors (Lipinski definition) is 2. The molecule has 4 heteroatoms. The van der Waals surface area contributed by atoms with Crippen LogP contribution in [0.1, 0.15) is 6.42 Å². The summed E-state index contributed by atoms with van der Waals surface area (Å²) in [6.07, 6.45) is 0.733. The Bertz CT molecular complexity index is 112. The Morgan fingerprint density at radius 2 is 2.23 bits per heavy atom. The van der Waals surface area contributed by atoms with Gasteiger partial charge in [0.05, 0.1) is 6.10 Å². The van der Waals surface area contributed by atoms with E-state index >= 15 is 0 Å². The molecule has 0 saturated carbocycles. The zero-order chi connectivity index (χ0) is 10.1. The number of rotatable bonds is 8. The number of hydrogen-bond acceptors (Lipinski definition) is 4. The van der Waals surface area contributed by atoms with Crippen molar-refractivity contribution in [3.05, 3.63) is 0 Å². The predicted molar refractivity (Wildman–Crippen MR) is 53.9 cm³/mol. The van der Waals surface area contributed by atoms with Crippen molar-refractivity contribution < 1.29 is 9.84 Å². The Kier molecular flexibility index (Phi) is 8.33. The molecule has 0 aliphatic carbocycles. The lowest BCUT2D eigenvalue weighted by Gasteiger charge is -2.19. The number of methoxy groups -OCH3 is 1. The van der Waals surface area contributed by atoms with Crippen LogP contribution >= 0.6 is 0 Å². The number of aliphatic hydroxyl groups excluding tert-OH is 1. The molecule has 0 heterocycles. The van der Waals surface area contributed by atoms with Gasteiger partial charge in [-0.05, 0) is 20.5 Å². The van der Waals surface area contributed by atoms with Crippen molar-refractivity contribution in [1.82, 2.24) is 10.2 Å². The van der Waals surface area contributed by atoms with Crippen LogP contribution < -0.4 is 5.32 Å². The van der Waals surface area contributed by atoms with E-state index in [-0.39, 0.29) is 6.10 Å². The van der Waals surface area contributed by atoms with E-state index in [4.69, 9.17) is 4.74 Å². The summed E-state index contributed by atoms with van der Waals surface area (Å²) in [6.45, 7) is 3.11. The molecule has 0 saturated heterocycles. The number of ether oxygens (including phenoxy) is 1. The molecule has 0 bridgehead atoms. The van der Waals surface area contributed by atoms with Crippen molar-refractivity contribution in [3.8, 4) is 0 Å². The SMILES string of the molecule is CNCC(O)CN(C)CCCOC. The van der Waals surface area contributed by atoms with Crippen LogP contribution in [0.15, 0.2) is 0 Å². The Hall–Kier alpha value is -0.160. The maximum Gasteiger partial charge on any atom is 0.0791 e. The standard InChI is InChI=1S/C9H22N2O2/c1-10-7-9(12)8-11(2)5-4-6-13-3/h9-10,12H,4-8H2,1-3H3. The summed E-state index contributed by atoms with van der Waals surface area (Å²) in [5, 5.41) is 12.4. The van der Waals surface area contributed by atoms with Crippen molar-refractivity contribution >= 4 is 0 Å². The Morgan fingerprint density at radius 1 is 1.54 bits per heavy atom. The van der Waals surface area contributed by atoms with Crippen molar-refractivity contribution in [2.75, 3.05) is 47.4 Å². The third kappa shape index (κ3) is 8.18. The molecule has 0 aromatic heterocycles. The quantitative estimate of drug-likeness (QED) is 0.508. The van der Waals surface area contributed by atoms with Gasteiger partial charge in [-0.3, -0.25) is 0 Å². The van der Waals surface area contributed by atoms with Crippen molar-refractivity contribution in [2.24, 2.45) is 0 Å². The monoisotopic (exact) mass is 190 g/mol. The molecular formula is C9H22N2O2. The first-order valence-electron chi connectivity index (χ1n) is 4.70. The van der Waals surface area contributed by atoms with E-state index in [9.17, 15) is 5.11 Å². The number of aliphatic hydroxyl groups is 1. The van der Waals surface area contributed by atoms with Crippen LogP contribution in [0.3, 0.4) is 0 Å². The zero-order valence-corrected chi connectivity index (χ0v) is 8.92. The Balaban J connectivity index is 3.32. The first kappa shape index (κ1) is 12.8. The molecule has 13 heavy (non-hydrogen) atoms. The van der Waals surface area contributed by atoms with Crippen molar-refractivity contribution in [1.29, 1.82) is 0 Å². The molecule has 4 nitrogen and oxygen atoms in total. The van der Waals surface area contributed by atoms with Crippen molar-refractivity contribution in [2.45, 2.75) is 12.5 Å². The molecule has 0 aromatic rings. The molecule has 0 aliphatic rings. The fraction of sp³-hybridized carbons (Fsp3) is 1.00. The molecule has 0 amide bonds. The highest BCUT2D eigenvalue weighted by Crippen LogP contribution is 1.91. The first-order chi connectivity index (χ1) is 6.20. The lowest BCUT2D eigenvalue weighted by molar-refractivity contribution is 0.117. The summed E-state index contributed by atoms with van der Waals surface area (Å²) in [7, 11) is 5.55. The molecule has 0 aromatic carbocycles. The van der Waals surface area contributed by atoms with Crippen LogP contribution in [-0.4, -0.2) is 63.6 Å². The van der Waals surface area contributed by atoms with E-state index in [2.05, 4.69) is 10.2 Å². The fourth-order valence-electron chi connectivity index (χ4n) is 1.23. The number of nitrogens with zero attached hydrogens (tertiary/aromatic N) is 1. The van der Waals surface area contributed by atoms with Gasteiger partial charge in [-0.25, -0.2) is 0 Å². The molecule has 2 N–H and O–H groups in total. The van der Waals surface area contributed by atoms with Gasteiger partial charge in [0.15, 0.2) is 0 Å². The summed E-state index contributed by atoms with van der Waals surface area (Å²) in [6, 6.07) is 0. The highest BCUT2D eigenvalue weighted by atomic mass is 16.5. The predicted octanol–water partition coefficient (Wildman–Crippen LogP) is -0.465. The maximum absolute atomic E-state index is 9.44. The molecule has 0 fully saturated rings. The van der Waals surface area contributed by atoms with Gasteiger partial charge in [-0.1, -0.05) is 0 Å². The van der Waals surface area contributed by atoms with Crippen LogP contribution in [-0.2, 0) is 4.74 Å². The van der Waals surface area contributed by atoms with Crippen LogP contribution in [0.4, 0.5) is 0 Å². The van der Waals surface area contributed by atoms with Gasteiger partial charge >= 0.3 is 0 Å². The average Bonchev–Trinajstić information content (AvgIpc) is 2.05. The van der Waals surface area contributed by atoms with Gasteiger partial charge < -0.3 is 20.1 Å². The largest absolute Gasteiger partial charge is 0.390 e. The second-order valence-electron chi connectivity index (χ2n) is 3.32. The second kappa shape index (κ2) is 8.44. The molecule has 0 spiro atoms. The van der Waals surface area contributed by atoms with Crippen LogP contribution in [0.25, 0.3) is 0 Å². The molecule has 0 rings (SSSR count). The summed E-state index contributed by atoms with van der Waals surface area (Å²) in [5.41, 5.74) is 0. The lowest BCUT2D eigenvalue weighted by atomic mass is 10.3. The van der Waals surface area contributed by atoms with Gasteiger partial charge in [0, 0.05) is 33.4 Å². The van der Waals surface area contributed by atoms with Gasteiger partial charge in [0.25, 0.3) is 0 Å².